The van der Waals surface area contributed by atoms with E-state index in [1.54, 1.807) is 0 Å². The highest BCUT2D eigenvalue weighted by atomic mass is 16.5. The van der Waals surface area contributed by atoms with Crippen LogP contribution in [0.4, 0.5) is 5.69 Å². The Morgan fingerprint density at radius 3 is 3.07 bits per heavy atom. The van der Waals surface area contributed by atoms with Crippen molar-refractivity contribution in [3.05, 3.63) is 29.8 Å². The molecule has 0 amide bonds. The van der Waals surface area contributed by atoms with Crippen molar-refractivity contribution in [3.8, 4) is 0 Å². The number of esters is 1. The zero-order valence-corrected chi connectivity index (χ0v) is 8.82. The third-order valence-electron chi connectivity index (χ3n) is 2.83. The van der Waals surface area contributed by atoms with Crippen molar-refractivity contribution in [1.82, 2.24) is 0 Å². The van der Waals surface area contributed by atoms with Crippen LogP contribution in [-0.4, -0.2) is 19.6 Å². The summed E-state index contributed by atoms with van der Waals surface area (Å²) in [6.45, 7) is 0.830. The minimum Gasteiger partial charge on any atom is -0.469 e. The number of hydrogen-bond acceptors (Lipinski definition) is 3. The molecule has 0 spiro atoms. The summed E-state index contributed by atoms with van der Waals surface area (Å²) in [7, 11) is 1.45. The number of fused-ring (bicyclic) bond motifs is 1. The number of nitrogens with one attached hydrogen (secondary N) is 1. The van der Waals surface area contributed by atoms with E-state index < -0.39 is 0 Å². The van der Waals surface area contributed by atoms with Crippen LogP contribution in [-0.2, 0) is 16.0 Å². The Labute approximate surface area is 89.4 Å². The first kappa shape index (κ1) is 10.0. The van der Waals surface area contributed by atoms with E-state index in [0.717, 1.165) is 25.1 Å². The molecule has 0 bridgehead atoms. The lowest BCUT2D eigenvalue weighted by Gasteiger charge is -2.10. The first-order chi connectivity index (χ1) is 7.31. The van der Waals surface area contributed by atoms with Crippen LogP contribution in [0.25, 0.3) is 0 Å². The third kappa shape index (κ3) is 2.12. The second-order valence-electron chi connectivity index (χ2n) is 3.80. The lowest BCUT2D eigenvalue weighted by Crippen LogP contribution is -2.19. The van der Waals surface area contributed by atoms with Crippen molar-refractivity contribution in [1.29, 1.82) is 0 Å². The summed E-state index contributed by atoms with van der Waals surface area (Å²) >= 11 is 0. The maximum atomic E-state index is 11.5. The van der Waals surface area contributed by atoms with Gasteiger partial charge in [0.2, 0.25) is 0 Å². The normalized spacial score (nSPS) is 19.7. The van der Waals surface area contributed by atoms with Crippen molar-refractivity contribution in [2.24, 2.45) is 5.92 Å². The molecule has 3 nitrogen and oxygen atoms in total. The molecule has 1 aromatic carbocycles. The van der Waals surface area contributed by atoms with E-state index in [9.17, 15) is 4.79 Å². The Kier molecular flexibility index (Phi) is 2.90. The van der Waals surface area contributed by atoms with E-state index in [4.69, 9.17) is 4.74 Å². The molecule has 0 fully saturated rings. The summed E-state index contributed by atoms with van der Waals surface area (Å²) in [5.41, 5.74) is 2.34. The molecular weight excluding hydrogens is 190 g/mol. The second-order valence-corrected chi connectivity index (χ2v) is 3.80. The molecule has 1 heterocycles. The van der Waals surface area contributed by atoms with Gasteiger partial charge in [0.1, 0.15) is 0 Å². The molecule has 1 atom stereocenters. The molecule has 3 heteroatoms. The largest absolute Gasteiger partial charge is 0.469 e. The Morgan fingerprint density at radius 2 is 2.27 bits per heavy atom. The molecule has 0 aromatic heterocycles. The minimum absolute atomic E-state index is 0.00819. The summed E-state index contributed by atoms with van der Waals surface area (Å²) in [5.74, 6) is -0.111. The van der Waals surface area contributed by atoms with Crippen LogP contribution in [0.2, 0.25) is 0 Å². The molecule has 2 rings (SSSR count). The molecule has 0 saturated heterocycles. The monoisotopic (exact) mass is 205 g/mol. The van der Waals surface area contributed by atoms with E-state index in [2.05, 4.69) is 17.4 Å². The van der Waals surface area contributed by atoms with Crippen molar-refractivity contribution in [3.63, 3.8) is 0 Å². The Morgan fingerprint density at radius 1 is 1.47 bits per heavy atom. The zero-order chi connectivity index (χ0) is 10.7. The van der Waals surface area contributed by atoms with Gasteiger partial charge >= 0.3 is 5.97 Å². The molecule has 0 saturated carbocycles. The predicted molar refractivity (Wildman–Crippen MR) is 58.8 cm³/mol. The highest BCUT2D eigenvalue weighted by Gasteiger charge is 2.22. The van der Waals surface area contributed by atoms with Crippen LogP contribution >= 0.6 is 0 Å². The average molecular weight is 205 g/mol. The second kappa shape index (κ2) is 4.34. The summed E-state index contributed by atoms with van der Waals surface area (Å²) < 4.78 is 4.79. The topological polar surface area (TPSA) is 38.3 Å². The minimum atomic E-state index is -0.103. The molecule has 80 valence electrons. The van der Waals surface area contributed by atoms with Crippen molar-refractivity contribution in [2.45, 2.75) is 12.8 Å². The van der Waals surface area contributed by atoms with Crippen LogP contribution in [0.5, 0.6) is 0 Å². The van der Waals surface area contributed by atoms with Crippen LogP contribution in [0.1, 0.15) is 12.0 Å². The lowest BCUT2D eigenvalue weighted by atomic mass is 9.97. The fourth-order valence-corrected chi connectivity index (χ4v) is 1.99. The number of ether oxygens (including phenoxy) is 1. The average Bonchev–Trinajstić information content (AvgIpc) is 2.49. The van der Waals surface area contributed by atoms with E-state index in [1.165, 1.54) is 12.7 Å². The maximum absolute atomic E-state index is 11.5. The summed E-state index contributed by atoms with van der Waals surface area (Å²) in [6, 6.07) is 8.11. The van der Waals surface area contributed by atoms with Crippen molar-refractivity contribution in [2.75, 3.05) is 19.0 Å². The van der Waals surface area contributed by atoms with Gasteiger partial charge in [0.15, 0.2) is 0 Å². The van der Waals surface area contributed by atoms with E-state index in [1.807, 2.05) is 12.1 Å². The van der Waals surface area contributed by atoms with Gasteiger partial charge in [-0.1, -0.05) is 18.2 Å². The van der Waals surface area contributed by atoms with Gasteiger partial charge in [0.25, 0.3) is 0 Å². The van der Waals surface area contributed by atoms with Crippen LogP contribution < -0.4 is 5.32 Å². The summed E-state index contributed by atoms with van der Waals surface area (Å²) in [6.07, 6.45) is 1.61. The van der Waals surface area contributed by atoms with Crippen LogP contribution in [0, 0.1) is 5.92 Å². The fraction of sp³-hybridized carbons (Fsp3) is 0.417. The number of rotatable bonds is 1. The quantitative estimate of drug-likeness (QED) is 0.711. The predicted octanol–water partition coefficient (Wildman–Crippen LogP) is 1.83. The molecule has 0 radical (unpaired) electrons. The molecule has 0 aliphatic carbocycles. The van der Waals surface area contributed by atoms with Crippen molar-refractivity contribution >= 4 is 11.7 Å². The first-order valence-electron chi connectivity index (χ1n) is 5.21. The fourth-order valence-electron chi connectivity index (χ4n) is 1.99. The van der Waals surface area contributed by atoms with E-state index in [0.29, 0.717) is 0 Å². The SMILES string of the molecule is COC(=O)C1CCNc2ccccc2C1. The molecular formula is C12H15NO2. The van der Waals surface area contributed by atoms with Crippen molar-refractivity contribution < 1.29 is 9.53 Å². The first-order valence-corrected chi connectivity index (χ1v) is 5.21. The van der Waals surface area contributed by atoms with Crippen LogP contribution in [0.15, 0.2) is 24.3 Å². The van der Waals surface area contributed by atoms with Gasteiger partial charge in [-0.05, 0) is 24.5 Å². The van der Waals surface area contributed by atoms with Gasteiger partial charge in [0.05, 0.1) is 13.0 Å². The van der Waals surface area contributed by atoms with Gasteiger partial charge in [-0.2, -0.15) is 0 Å². The standard InChI is InChI=1S/C12H15NO2/c1-15-12(14)10-6-7-13-11-5-3-2-4-9(11)8-10/h2-5,10,13H,6-8H2,1H3. The Balaban J connectivity index is 2.21. The van der Waals surface area contributed by atoms with E-state index in [-0.39, 0.29) is 11.9 Å². The number of anilines is 1. The van der Waals surface area contributed by atoms with Gasteiger partial charge in [-0.15, -0.1) is 0 Å². The summed E-state index contributed by atoms with van der Waals surface area (Å²) in [5, 5.41) is 3.33. The molecule has 1 aromatic rings. The Bertz CT molecular complexity index is 362. The number of carbonyl (C=O) groups excluding carboxylic acids is 1. The lowest BCUT2D eigenvalue weighted by molar-refractivity contribution is -0.145. The number of benzene rings is 1. The zero-order valence-electron chi connectivity index (χ0n) is 8.82. The smallest absolute Gasteiger partial charge is 0.309 e. The maximum Gasteiger partial charge on any atom is 0.309 e. The number of carbonyl (C=O) groups is 1. The molecule has 1 unspecified atom stereocenters. The number of hydrogen-bond donors (Lipinski definition) is 1. The van der Waals surface area contributed by atoms with Gasteiger partial charge in [0, 0.05) is 12.2 Å². The van der Waals surface area contributed by atoms with Crippen LogP contribution in [0.3, 0.4) is 0 Å². The van der Waals surface area contributed by atoms with E-state index >= 15 is 0 Å². The molecule has 1 N–H and O–H groups in total. The number of para-hydroxylation sites is 1. The van der Waals surface area contributed by atoms with Gasteiger partial charge < -0.3 is 10.1 Å². The molecule has 1 aliphatic rings. The van der Waals surface area contributed by atoms with Gasteiger partial charge in [-0.25, -0.2) is 0 Å². The van der Waals surface area contributed by atoms with Gasteiger partial charge in [-0.3, -0.25) is 4.79 Å². The Hall–Kier alpha value is -1.51. The number of methoxy groups -OCH3 is 1. The third-order valence-corrected chi connectivity index (χ3v) is 2.83. The molecule has 15 heavy (non-hydrogen) atoms. The highest BCUT2D eigenvalue weighted by Crippen LogP contribution is 2.24. The summed E-state index contributed by atoms with van der Waals surface area (Å²) in [4.78, 5) is 11.5. The highest BCUT2D eigenvalue weighted by molar-refractivity contribution is 5.73. The molecule has 1 aliphatic heterocycles.